The Balaban J connectivity index is -0.000000177. The van der Waals surface area contributed by atoms with E-state index in [9.17, 15) is 40.8 Å². The number of unbranched alkanes of at least 4 members (excludes halogenated alkanes) is 1. The second-order valence-corrected chi connectivity index (χ2v) is 26.2. The number of rotatable bonds is 25. The molecule has 0 aromatic heterocycles. The number of halogens is 3. The van der Waals surface area contributed by atoms with Crippen LogP contribution in [-0.2, 0) is 57.0 Å². The Morgan fingerprint density at radius 3 is 1.54 bits per heavy atom. The van der Waals surface area contributed by atoms with E-state index in [2.05, 4.69) is 37.8 Å². The van der Waals surface area contributed by atoms with Crippen molar-refractivity contribution in [2.24, 2.45) is 16.7 Å². The summed E-state index contributed by atoms with van der Waals surface area (Å²) in [6.45, 7) is 29.8. The van der Waals surface area contributed by atoms with Crippen molar-refractivity contribution >= 4 is 50.5 Å². The van der Waals surface area contributed by atoms with Gasteiger partial charge in [0.1, 0.15) is 19.1 Å². The minimum Gasteiger partial charge on any atom is -0.535 e. The van der Waals surface area contributed by atoms with E-state index in [1.807, 2.05) is 46.3 Å². The van der Waals surface area contributed by atoms with Crippen LogP contribution in [-0.4, -0.2) is 101 Å². The summed E-state index contributed by atoms with van der Waals surface area (Å²) in [5.74, 6) is -2.77. The molecule has 0 N–H and O–H groups in total. The van der Waals surface area contributed by atoms with Gasteiger partial charge in [0.15, 0.2) is 26.7 Å². The first-order chi connectivity index (χ1) is 25.5. The average molecular weight is 940 g/mol. The number of hydrogen-bond donors (Lipinski definition) is 0. The summed E-state index contributed by atoms with van der Waals surface area (Å²) in [5, 5.41) is 0. The van der Waals surface area contributed by atoms with Crippen molar-refractivity contribution in [1.82, 2.24) is 0 Å². The number of carbonyl (C=O) groups is 4. The topological polar surface area (TPSA) is 172 Å². The summed E-state index contributed by atoms with van der Waals surface area (Å²) in [4.78, 5) is 45.4. The van der Waals surface area contributed by atoms with E-state index in [1.165, 1.54) is 32.7 Å². The van der Waals surface area contributed by atoms with Gasteiger partial charge >= 0.3 is 74.8 Å². The summed E-state index contributed by atoms with van der Waals surface area (Å²) in [6.07, 6.45) is 5.43. The molecular weight excluding hydrogens is 859 g/mol. The standard InChI is InChI=1S/C17H38O3Si2.C11H22O4.C9H14F3NO5S.2CH4.K/c1-9-11-14-21(5,6)20-22(7,8)15-12-13-19-16(18)17(3,4)10-2;1-4-10(3)11(12)15-9-8-14-7-6-13-5-2;1-4-8(2,3)7(15)18-5-6(14)13-19(16,17)9(10,11)12;;;/h9-15H2,1-8H3;10H,4-9H2,1-3H3;4-5H2,1-3H3,(H,13,14);2*1H4;/q;;;;;+1/p-1. The molecule has 1 unspecified atom stereocenters. The molecular formula is C39H81F3KNO12SSi2. The molecule has 20 heteroatoms. The smallest absolute Gasteiger partial charge is 0.535 e. The minimum absolute atomic E-state index is 0. The van der Waals surface area contributed by atoms with E-state index < -0.39 is 56.1 Å². The van der Waals surface area contributed by atoms with Crippen LogP contribution < -0.4 is 51.4 Å². The van der Waals surface area contributed by atoms with Gasteiger partial charge in [-0.05, 0) is 98.6 Å². The first-order valence-electron chi connectivity index (χ1n) is 19.4. The van der Waals surface area contributed by atoms with Crippen LogP contribution in [0.15, 0.2) is 0 Å². The number of sulfonamides is 1. The molecule has 0 saturated heterocycles. The van der Waals surface area contributed by atoms with Crippen molar-refractivity contribution in [2.45, 2.75) is 166 Å². The van der Waals surface area contributed by atoms with Gasteiger partial charge in [-0.15, -0.1) is 0 Å². The van der Waals surface area contributed by atoms with E-state index in [-0.39, 0.29) is 89.5 Å². The quantitative estimate of drug-likeness (QED) is 0.0391. The number of hydrogen-bond acceptors (Lipinski definition) is 12. The zero-order chi connectivity index (χ0) is 44.4. The van der Waals surface area contributed by atoms with E-state index in [1.54, 1.807) is 6.92 Å². The third-order valence-electron chi connectivity index (χ3n) is 8.62. The van der Waals surface area contributed by atoms with E-state index in [0.29, 0.717) is 46.1 Å². The summed E-state index contributed by atoms with van der Waals surface area (Å²) in [5.41, 5.74) is -6.95. The Kier molecular flexibility index (Phi) is 41.6. The van der Waals surface area contributed by atoms with Crippen LogP contribution in [0.2, 0.25) is 38.3 Å². The average Bonchev–Trinajstić information content (AvgIpc) is 3.09. The van der Waals surface area contributed by atoms with Gasteiger partial charge in [-0.3, -0.25) is 14.4 Å². The molecule has 0 aromatic carbocycles. The van der Waals surface area contributed by atoms with Gasteiger partial charge in [0, 0.05) is 6.61 Å². The van der Waals surface area contributed by atoms with Crippen molar-refractivity contribution in [3.8, 4) is 0 Å². The molecule has 350 valence electrons. The van der Waals surface area contributed by atoms with Crippen molar-refractivity contribution in [1.29, 1.82) is 0 Å². The summed E-state index contributed by atoms with van der Waals surface area (Å²) < 4.78 is 90.4. The van der Waals surface area contributed by atoms with Gasteiger partial charge < -0.3 is 37.3 Å². The van der Waals surface area contributed by atoms with Gasteiger partial charge in [-0.1, -0.05) is 62.3 Å². The summed E-state index contributed by atoms with van der Waals surface area (Å²) >= 11 is 0. The molecule has 0 rings (SSSR count). The monoisotopic (exact) mass is 939 g/mol. The maximum atomic E-state index is 11.9. The molecule has 0 bridgehead atoms. The van der Waals surface area contributed by atoms with Gasteiger partial charge in [-0.2, -0.15) is 13.2 Å². The number of esters is 3. The third-order valence-corrected chi connectivity index (χ3v) is 17.2. The zero-order valence-electron chi connectivity index (χ0n) is 37.6. The van der Waals surface area contributed by atoms with Crippen molar-refractivity contribution in [3.05, 3.63) is 4.72 Å². The fraction of sp³-hybridized carbons (Fsp3) is 0.897. The molecule has 1 amide bonds. The molecule has 0 aliphatic rings. The normalized spacial score (nSPS) is 12.3. The molecule has 0 saturated carbocycles. The number of ether oxygens (including phenoxy) is 5. The summed E-state index contributed by atoms with van der Waals surface area (Å²) in [6, 6.07) is 2.31. The third kappa shape index (κ3) is 35.7. The molecule has 0 aliphatic heterocycles. The van der Waals surface area contributed by atoms with Crippen LogP contribution in [0.3, 0.4) is 0 Å². The second kappa shape index (κ2) is 35.0. The first-order valence-corrected chi connectivity index (χ1v) is 27.1. The predicted octanol–water partition coefficient (Wildman–Crippen LogP) is 7.20. The van der Waals surface area contributed by atoms with Crippen LogP contribution in [0.25, 0.3) is 4.72 Å². The minimum atomic E-state index is -5.90. The Bertz CT molecular complexity index is 1260. The van der Waals surface area contributed by atoms with Crippen molar-refractivity contribution in [3.63, 3.8) is 0 Å². The van der Waals surface area contributed by atoms with Crippen LogP contribution in [0.1, 0.15) is 123 Å². The zero-order valence-corrected chi connectivity index (χ0v) is 43.5. The fourth-order valence-electron chi connectivity index (χ4n) is 4.01. The fourth-order valence-corrected chi connectivity index (χ4v) is 13.4. The molecule has 0 fully saturated rings. The van der Waals surface area contributed by atoms with Gasteiger partial charge in [0.05, 0.1) is 43.2 Å². The van der Waals surface area contributed by atoms with E-state index in [4.69, 9.17) is 23.1 Å². The van der Waals surface area contributed by atoms with Crippen LogP contribution in [0.5, 0.6) is 0 Å². The summed E-state index contributed by atoms with van der Waals surface area (Å²) in [7, 11) is -9.07. The van der Waals surface area contributed by atoms with Gasteiger partial charge in [0.25, 0.3) is 0 Å². The van der Waals surface area contributed by atoms with Gasteiger partial charge in [0.2, 0.25) is 0 Å². The van der Waals surface area contributed by atoms with Gasteiger partial charge in [-0.25, -0.2) is 8.42 Å². The number of amides is 1. The Hall–Kier alpha value is -0.430. The molecule has 0 heterocycles. The van der Waals surface area contributed by atoms with Crippen molar-refractivity contribution in [2.75, 3.05) is 46.2 Å². The van der Waals surface area contributed by atoms with E-state index >= 15 is 0 Å². The van der Waals surface area contributed by atoms with Crippen LogP contribution in [0.4, 0.5) is 13.2 Å². The molecule has 0 radical (unpaired) electrons. The first kappa shape index (κ1) is 70.2. The SMILES string of the molecule is C.C.CCC(C)(C)C(=O)OCC(=O)[N-]S(=O)(=O)C(F)(F)F.CCCC[Si](C)(C)O[Si](C)(C)CCCOC(=O)C(C)(C)CC.CCOCCOCCOC(=O)C(C)CC.[K+]. The Morgan fingerprint density at radius 1 is 0.678 bits per heavy atom. The molecule has 59 heavy (non-hydrogen) atoms. The number of nitrogens with zero attached hydrogens (tertiary/aromatic N) is 1. The Morgan fingerprint density at radius 2 is 1.12 bits per heavy atom. The largest absolute Gasteiger partial charge is 1.00 e. The number of carbonyl (C=O) groups excluding carboxylic acids is 4. The number of alkyl halides is 3. The van der Waals surface area contributed by atoms with Crippen LogP contribution >= 0.6 is 0 Å². The molecule has 0 aliphatic carbocycles. The van der Waals surface area contributed by atoms with Crippen LogP contribution in [0, 0.1) is 16.7 Å². The second-order valence-electron chi connectivity index (χ2n) is 15.7. The van der Waals surface area contributed by atoms with E-state index in [0.717, 1.165) is 25.3 Å². The molecule has 13 nitrogen and oxygen atoms in total. The Labute approximate surface area is 401 Å². The maximum absolute atomic E-state index is 11.9. The van der Waals surface area contributed by atoms with Crippen molar-refractivity contribution < 1.29 is 120 Å². The molecule has 0 spiro atoms. The maximum Gasteiger partial charge on any atom is 1.00 e. The molecule has 1 atom stereocenters. The predicted molar refractivity (Wildman–Crippen MR) is 230 cm³/mol. The molecule has 0 aromatic rings.